The number of nitrogens with zero attached hydrogens (tertiary/aromatic N) is 1. The van der Waals surface area contributed by atoms with Crippen molar-refractivity contribution in [1.82, 2.24) is 10.6 Å². The second-order valence-electron chi connectivity index (χ2n) is 5.95. The number of guanidine groups is 1. The van der Waals surface area contributed by atoms with Crippen molar-refractivity contribution in [2.75, 3.05) is 40.0 Å². The van der Waals surface area contributed by atoms with E-state index in [1.165, 1.54) is 5.56 Å². The third kappa shape index (κ3) is 4.74. The molecule has 0 aromatic heterocycles. The molecule has 0 radical (unpaired) electrons. The number of aliphatic imine (C=N–C) groups is 1. The van der Waals surface area contributed by atoms with Crippen LogP contribution in [0.2, 0.25) is 0 Å². The van der Waals surface area contributed by atoms with E-state index in [1.807, 2.05) is 13.0 Å². The average molecular weight is 331 g/mol. The van der Waals surface area contributed by atoms with Gasteiger partial charge in [-0.1, -0.05) is 18.2 Å². The van der Waals surface area contributed by atoms with E-state index < -0.39 is 0 Å². The van der Waals surface area contributed by atoms with Crippen LogP contribution in [0.5, 0.6) is 5.75 Å². The normalized spacial score (nSPS) is 17.2. The number of hydrogen-bond donors (Lipinski definition) is 2. The molecule has 1 heterocycles. The number of benzene rings is 1. The summed E-state index contributed by atoms with van der Waals surface area (Å²) in [7, 11) is 1.78. The lowest BCUT2D eigenvalue weighted by molar-refractivity contribution is 0.0513. The molecule has 1 aromatic carbocycles. The molecule has 1 fully saturated rings. The Morgan fingerprint density at radius 1 is 1.29 bits per heavy atom. The molecular formula is C19H29N3O2. The van der Waals surface area contributed by atoms with Crippen molar-refractivity contribution in [2.45, 2.75) is 25.2 Å². The monoisotopic (exact) mass is 331 g/mol. The Labute approximate surface area is 145 Å². The predicted octanol–water partition coefficient (Wildman–Crippen LogP) is 2.48. The van der Waals surface area contributed by atoms with Gasteiger partial charge in [0.15, 0.2) is 5.96 Å². The van der Waals surface area contributed by atoms with E-state index in [0.29, 0.717) is 13.2 Å². The maximum absolute atomic E-state index is 5.59. The fourth-order valence-electron chi connectivity index (χ4n) is 3.04. The Bertz CT molecular complexity index is 534. The van der Waals surface area contributed by atoms with Crippen molar-refractivity contribution in [2.24, 2.45) is 4.99 Å². The van der Waals surface area contributed by atoms with Gasteiger partial charge in [-0.15, -0.1) is 6.58 Å². The zero-order valence-corrected chi connectivity index (χ0v) is 14.8. The van der Waals surface area contributed by atoms with Crippen LogP contribution >= 0.6 is 0 Å². The summed E-state index contributed by atoms with van der Waals surface area (Å²) >= 11 is 0. The minimum absolute atomic E-state index is 0.0504. The molecule has 0 amide bonds. The molecule has 1 aliphatic heterocycles. The van der Waals surface area contributed by atoms with Gasteiger partial charge in [-0.3, -0.25) is 4.99 Å². The van der Waals surface area contributed by atoms with E-state index in [2.05, 4.69) is 46.5 Å². The first kappa shape index (κ1) is 18.3. The van der Waals surface area contributed by atoms with Gasteiger partial charge in [-0.05, 0) is 37.5 Å². The lowest BCUT2D eigenvalue weighted by atomic mass is 9.74. The summed E-state index contributed by atoms with van der Waals surface area (Å²) in [6.07, 6.45) is 3.81. The van der Waals surface area contributed by atoms with Crippen LogP contribution in [-0.2, 0) is 10.2 Å². The van der Waals surface area contributed by atoms with E-state index in [9.17, 15) is 0 Å². The molecule has 1 aromatic rings. The first-order chi connectivity index (χ1) is 11.7. The Balaban J connectivity index is 2.12. The molecule has 1 saturated heterocycles. The summed E-state index contributed by atoms with van der Waals surface area (Å²) < 4.78 is 11.2. The fourth-order valence-corrected chi connectivity index (χ4v) is 3.04. The maximum Gasteiger partial charge on any atom is 0.191 e. The largest absolute Gasteiger partial charge is 0.494 e. The van der Waals surface area contributed by atoms with Gasteiger partial charge in [0, 0.05) is 38.8 Å². The van der Waals surface area contributed by atoms with Crippen LogP contribution < -0.4 is 15.4 Å². The third-order valence-corrected chi connectivity index (χ3v) is 4.46. The molecule has 0 atom stereocenters. The predicted molar refractivity (Wildman–Crippen MR) is 98.9 cm³/mol. The van der Waals surface area contributed by atoms with Crippen molar-refractivity contribution in [3.63, 3.8) is 0 Å². The molecule has 0 saturated carbocycles. The average Bonchev–Trinajstić information content (AvgIpc) is 2.63. The molecule has 0 aliphatic carbocycles. The Hall–Kier alpha value is -2.01. The molecule has 5 heteroatoms. The Morgan fingerprint density at radius 2 is 2.00 bits per heavy atom. The topological polar surface area (TPSA) is 54.9 Å². The van der Waals surface area contributed by atoms with Crippen molar-refractivity contribution in [1.29, 1.82) is 0 Å². The molecule has 1 aliphatic rings. The van der Waals surface area contributed by atoms with Gasteiger partial charge in [0.2, 0.25) is 0 Å². The molecular weight excluding hydrogens is 302 g/mol. The van der Waals surface area contributed by atoms with Crippen molar-refractivity contribution >= 4 is 5.96 Å². The quantitative estimate of drug-likeness (QED) is 0.458. The van der Waals surface area contributed by atoms with E-state index in [0.717, 1.165) is 44.3 Å². The first-order valence-electron chi connectivity index (χ1n) is 8.60. The Kier molecular flexibility index (Phi) is 7.12. The van der Waals surface area contributed by atoms with E-state index in [4.69, 9.17) is 9.47 Å². The first-order valence-corrected chi connectivity index (χ1v) is 8.60. The highest BCUT2D eigenvalue weighted by atomic mass is 16.5. The van der Waals surface area contributed by atoms with Crippen molar-refractivity contribution < 1.29 is 9.47 Å². The Morgan fingerprint density at radius 3 is 2.58 bits per heavy atom. The minimum atomic E-state index is 0.0504. The van der Waals surface area contributed by atoms with Crippen molar-refractivity contribution in [3.8, 4) is 5.75 Å². The van der Waals surface area contributed by atoms with Crippen LogP contribution in [0, 0.1) is 0 Å². The van der Waals surface area contributed by atoms with E-state index >= 15 is 0 Å². The van der Waals surface area contributed by atoms with Gasteiger partial charge < -0.3 is 20.1 Å². The molecule has 0 bridgehead atoms. The van der Waals surface area contributed by atoms with Crippen molar-refractivity contribution in [3.05, 3.63) is 42.5 Å². The highest BCUT2D eigenvalue weighted by Crippen LogP contribution is 2.35. The lowest BCUT2D eigenvalue weighted by Crippen LogP contribution is -2.48. The molecule has 0 unspecified atom stereocenters. The maximum atomic E-state index is 5.59. The second kappa shape index (κ2) is 9.33. The van der Waals surface area contributed by atoms with Crippen LogP contribution in [-0.4, -0.2) is 45.9 Å². The summed E-state index contributed by atoms with van der Waals surface area (Å²) in [5.74, 6) is 1.71. The molecule has 2 rings (SSSR count). The van der Waals surface area contributed by atoms with E-state index in [-0.39, 0.29) is 5.41 Å². The highest BCUT2D eigenvalue weighted by molar-refractivity contribution is 5.79. The molecule has 132 valence electrons. The summed E-state index contributed by atoms with van der Waals surface area (Å²) in [4.78, 5) is 4.27. The minimum Gasteiger partial charge on any atom is -0.494 e. The molecule has 0 spiro atoms. The zero-order chi connectivity index (χ0) is 17.3. The number of ether oxygens (including phenoxy) is 2. The SMILES string of the molecule is C=CCNC(=NC)NCC1(c2ccc(OCC)cc2)CCOCC1. The van der Waals surface area contributed by atoms with Gasteiger partial charge in [0.05, 0.1) is 6.61 Å². The lowest BCUT2D eigenvalue weighted by Gasteiger charge is -2.38. The van der Waals surface area contributed by atoms with E-state index in [1.54, 1.807) is 7.05 Å². The van der Waals surface area contributed by atoms with Crippen LogP contribution in [0.3, 0.4) is 0 Å². The van der Waals surface area contributed by atoms with Gasteiger partial charge in [-0.2, -0.15) is 0 Å². The fraction of sp³-hybridized carbons (Fsp3) is 0.526. The van der Waals surface area contributed by atoms with Gasteiger partial charge in [-0.25, -0.2) is 0 Å². The van der Waals surface area contributed by atoms with Crippen LogP contribution in [0.25, 0.3) is 0 Å². The van der Waals surface area contributed by atoms with Crippen LogP contribution in [0.15, 0.2) is 41.9 Å². The summed E-state index contributed by atoms with van der Waals surface area (Å²) in [5, 5.41) is 6.68. The number of hydrogen-bond acceptors (Lipinski definition) is 3. The zero-order valence-electron chi connectivity index (χ0n) is 14.8. The van der Waals surface area contributed by atoms with Crippen LogP contribution in [0.4, 0.5) is 0 Å². The summed E-state index contributed by atoms with van der Waals surface area (Å²) in [6.45, 7) is 9.50. The van der Waals surface area contributed by atoms with Gasteiger partial charge >= 0.3 is 0 Å². The van der Waals surface area contributed by atoms with Crippen LogP contribution in [0.1, 0.15) is 25.3 Å². The van der Waals surface area contributed by atoms with Gasteiger partial charge in [0.1, 0.15) is 5.75 Å². The number of rotatable bonds is 7. The third-order valence-electron chi connectivity index (χ3n) is 4.46. The van der Waals surface area contributed by atoms with Gasteiger partial charge in [0.25, 0.3) is 0 Å². The standard InChI is InChI=1S/C19H29N3O2/c1-4-12-21-18(20-3)22-15-19(10-13-23-14-11-19)16-6-8-17(9-7-16)24-5-2/h4,6-9H,1,5,10-15H2,2-3H3,(H2,20,21,22). The second-order valence-corrected chi connectivity index (χ2v) is 5.95. The summed E-state index contributed by atoms with van der Waals surface area (Å²) in [5.41, 5.74) is 1.37. The molecule has 24 heavy (non-hydrogen) atoms. The smallest absolute Gasteiger partial charge is 0.191 e. The number of nitrogens with one attached hydrogen (secondary N) is 2. The molecule has 5 nitrogen and oxygen atoms in total. The molecule has 2 N–H and O–H groups in total. The summed E-state index contributed by atoms with van der Waals surface area (Å²) in [6, 6.07) is 8.47. The highest BCUT2D eigenvalue weighted by Gasteiger charge is 2.34.